The first-order chi connectivity index (χ1) is 9.24. The number of hydrogen-bond donors (Lipinski definition) is 1. The van der Waals surface area contributed by atoms with Crippen molar-refractivity contribution in [1.82, 2.24) is 10.3 Å². The highest BCUT2D eigenvalue weighted by Crippen LogP contribution is 2.19. The second kappa shape index (κ2) is 4.90. The first-order valence-corrected chi connectivity index (χ1v) is 6.33. The lowest BCUT2D eigenvalue weighted by Crippen LogP contribution is -2.03. The fourth-order valence-electron chi connectivity index (χ4n) is 2.19. The zero-order valence-corrected chi connectivity index (χ0v) is 11.1. The molecule has 0 unspecified atom stereocenters. The highest BCUT2D eigenvalue weighted by Gasteiger charge is 2.06. The SMILES string of the molecule is CNCc1ccc(Cc2ccc3oc(C)nc3c2)o1. The van der Waals surface area contributed by atoms with E-state index in [-0.39, 0.29) is 0 Å². The van der Waals surface area contributed by atoms with Crippen LogP contribution in [0.3, 0.4) is 0 Å². The van der Waals surface area contributed by atoms with E-state index in [4.69, 9.17) is 8.83 Å². The number of aryl methyl sites for hydroxylation is 1. The van der Waals surface area contributed by atoms with E-state index in [1.54, 1.807) is 0 Å². The van der Waals surface area contributed by atoms with Crippen molar-refractivity contribution < 1.29 is 8.83 Å². The molecule has 0 aliphatic rings. The second-order valence-corrected chi connectivity index (χ2v) is 4.61. The predicted molar refractivity (Wildman–Crippen MR) is 73.0 cm³/mol. The van der Waals surface area contributed by atoms with Crippen LogP contribution in [0.25, 0.3) is 11.1 Å². The number of fused-ring (bicyclic) bond motifs is 1. The Morgan fingerprint density at radius 1 is 1.11 bits per heavy atom. The predicted octanol–water partition coefficient (Wildman–Crippen LogP) is 3.04. The fraction of sp³-hybridized carbons (Fsp3) is 0.267. The Balaban J connectivity index is 1.83. The minimum Gasteiger partial charge on any atom is -0.464 e. The van der Waals surface area contributed by atoms with Gasteiger partial charge in [-0.3, -0.25) is 0 Å². The molecule has 0 bridgehead atoms. The molecule has 0 saturated heterocycles. The second-order valence-electron chi connectivity index (χ2n) is 4.61. The van der Waals surface area contributed by atoms with E-state index < -0.39 is 0 Å². The maximum absolute atomic E-state index is 5.74. The quantitative estimate of drug-likeness (QED) is 0.779. The Hall–Kier alpha value is -2.07. The van der Waals surface area contributed by atoms with Crippen molar-refractivity contribution >= 4 is 11.1 Å². The summed E-state index contributed by atoms with van der Waals surface area (Å²) in [5, 5.41) is 3.07. The summed E-state index contributed by atoms with van der Waals surface area (Å²) in [6.07, 6.45) is 0.769. The average Bonchev–Trinajstić information content (AvgIpc) is 2.95. The molecule has 4 nitrogen and oxygen atoms in total. The van der Waals surface area contributed by atoms with Crippen LogP contribution in [0.4, 0.5) is 0 Å². The lowest BCUT2D eigenvalue weighted by molar-refractivity contribution is 0.462. The van der Waals surface area contributed by atoms with E-state index >= 15 is 0 Å². The normalized spacial score (nSPS) is 11.3. The maximum Gasteiger partial charge on any atom is 0.192 e. The Morgan fingerprint density at radius 2 is 1.95 bits per heavy atom. The van der Waals surface area contributed by atoms with E-state index in [9.17, 15) is 0 Å². The fourth-order valence-corrected chi connectivity index (χ4v) is 2.19. The minimum absolute atomic E-state index is 0.696. The summed E-state index contributed by atoms with van der Waals surface area (Å²) in [5.74, 6) is 2.61. The molecule has 0 aliphatic carbocycles. The van der Waals surface area contributed by atoms with E-state index in [2.05, 4.69) is 10.3 Å². The Morgan fingerprint density at radius 3 is 2.79 bits per heavy atom. The first kappa shape index (κ1) is 12.0. The van der Waals surface area contributed by atoms with Crippen LogP contribution in [-0.4, -0.2) is 12.0 Å². The number of nitrogens with zero attached hydrogens (tertiary/aromatic N) is 1. The van der Waals surface area contributed by atoms with E-state index in [0.29, 0.717) is 5.89 Å². The number of nitrogens with one attached hydrogen (secondary N) is 1. The topological polar surface area (TPSA) is 51.2 Å². The van der Waals surface area contributed by atoms with Gasteiger partial charge in [0.25, 0.3) is 0 Å². The number of aromatic nitrogens is 1. The third-order valence-electron chi connectivity index (χ3n) is 3.01. The molecular weight excluding hydrogens is 240 g/mol. The van der Waals surface area contributed by atoms with Gasteiger partial charge in [0.05, 0.1) is 6.54 Å². The molecule has 1 N–H and O–H groups in total. The van der Waals surface area contributed by atoms with Crippen LogP contribution in [-0.2, 0) is 13.0 Å². The van der Waals surface area contributed by atoms with Crippen LogP contribution in [0.2, 0.25) is 0 Å². The standard InChI is InChI=1S/C15H16N2O2/c1-10-17-14-8-11(3-6-15(14)18-10)7-12-4-5-13(19-12)9-16-2/h3-6,8,16H,7,9H2,1-2H3. The van der Waals surface area contributed by atoms with E-state index in [1.165, 1.54) is 5.56 Å². The summed E-state index contributed by atoms with van der Waals surface area (Å²) in [6, 6.07) is 10.1. The van der Waals surface area contributed by atoms with E-state index in [0.717, 1.165) is 35.6 Å². The highest BCUT2D eigenvalue weighted by molar-refractivity contribution is 5.73. The molecule has 0 radical (unpaired) electrons. The molecule has 0 atom stereocenters. The monoisotopic (exact) mass is 256 g/mol. The largest absolute Gasteiger partial charge is 0.464 e. The number of benzene rings is 1. The molecule has 19 heavy (non-hydrogen) atoms. The molecule has 4 heteroatoms. The first-order valence-electron chi connectivity index (χ1n) is 6.33. The number of hydrogen-bond acceptors (Lipinski definition) is 4. The number of rotatable bonds is 4. The minimum atomic E-state index is 0.696. The van der Waals surface area contributed by atoms with Gasteiger partial charge in [-0.15, -0.1) is 0 Å². The van der Waals surface area contributed by atoms with Gasteiger partial charge in [0.1, 0.15) is 17.0 Å². The molecule has 0 aliphatic heterocycles. The van der Waals surface area contributed by atoms with Gasteiger partial charge in [0.2, 0.25) is 0 Å². The highest BCUT2D eigenvalue weighted by atomic mass is 16.3. The van der Waals surface area contributed by atoms with Crippen LogP contribution < -0.4 is 5.32 Å². The smallest absolute Gasteiger partial charge is 0.192 e. The summed E-state index contributed by atoms with van der Waals surface area (Å²) in [4.78, 5) is 4.34. The molecule has 0 spiro atoms. The van der Waals surface area contributed by atoms with Crippen LogP contribution >= 0.6 is 0 Å². The van der Waals surface area contributed by atoms with Gasteiger partial charge in [0, 0.05) is 13.3 Å². The van der Waals surface area contributed by atoms with Crippen molar-refractivity contribution in [2.45, 2.75) is 19.9 Å². The molecule has 0 fully saturated rings. The zero-order valence-electron chi connectivity index (χ0n) is 11.1. The van der Waals surface area contributed by atoms with Crippen molar-refractivity contribution in [2.24, 2.45) is 0 Å². The number of oxazole rings is 1. The van der Waals surface area contributed by atoms with Crippen LogP contribution in [0.15, 0.2) is 39.2 Å². The molecule has 98 valence electrons. The van der Waals surface area contributed by atoms with Crippen molar-refractivity contribution in [3.63, 3.8) is 0 Å². The van der Waals surface area contributed by atoms with Crippen molar-refractivity contribution in [3.05, 3.63) is 53.3 Å². The molecule has 2 heterocycles. The summed E-state index contributed by atoms with van der Waals surface area (Å²) in [6.45, 7) is 2.61. The molecule has 0 saturated carbocycles. The van der Waals surface area contributed by atoms with Gasteiger partial charge in [-0.05, 0) is 36.9 Å². The summed E-state index contributed by atoms with van der Waals surface area (Å²) in [7, 11) is 1.91. The van der Waals surface area contributed by atoms with Gasteiger partial charge < -0.3 is 14.2 Å². The number of furan rings is 1. The van der Waals surface area contributed by atoms with Crippen molar-refractivity contribution in [2.75, 3.05) is 7.05 Å². The summed E-state index contributed by atoms with van der Waals surface area (Å²) in [5.41, 5.74) is 2.90. The Kier molecular flexibility index (Phi) is 3.09. The van der Waals surface area contributed by atoms with Gasteiger partial charge in [-0.25, -0.2) is 4.98 Å². The molecule has 3 aromatic rings. The van der Waals surface area contributed by atoms with Crippen LogP contribution in [0.5, 0.6) is 0 Å². The molecular formula is C15H16N2O2. The molecule has 2 aromatic heterocycles. The summed E-state index contributed by atoms with van der Waals surface area (Å²) < 4.78 is 11.2. The molecule has 0 amide bonds. The van der Waals surface area contributed by atoms with Crippen LogP contribution in [0, 0.1) is 6.92 Å². The Bertz CT molecular complexity index is 697. The zero-order chi connectivity index (χ0) is 13.2. The lowest BCUT2D eigenvalue weighted by atomic mass is 10.1. The van der Waals surface area contributed by atoms with E-state index in [1.807, 2.05) is 44.3 Å². The third kappa shape index (κ3) is 2.53. The van der Waals surface area contributed by atoms with Crippen LogP contribution in [0.1, 0.15) is 23.0 Å². The Labute approximate surface area is 111 Å². The lowest BCUT2D eigenvalue weighted by Gasteiger charge is -1.98. The van der Waals surface area contributed by atoms with Crippen molar-refractivity contribution in [1.29, 1.82) is 0 Å². The molecule has 3 rings (SSSR count). The van der Waals surface area contributed by atoms with Crippen molar-refractivity contribution in [3.8, 4) is 0 Å². The maximum atomic E-state index is 5.74. The molecule has 1 aromatic carbocycles. The average molecular weight is 256 g/mol. The third-order valence-corrected chi connectivity index (χ3v) is 3.01. The van der Waals surface area contributed by atoms with Gasteiger partial charge in [0.15, 0.2) is 11.5 Å². The van der Waals surface area contributed by atoms with Gasteiger partial charge in [-0.1, -0.05) is 6.07 Å². The van der Waals surface area contributed by atoms with Gasteiger partial charge >= 0.3 is 0 Å². The van der Waals surface area contributed by atoms with Gasteiger partial charge in [-0.2, -0.15) is 0 Å². The summed E-state index contributed by atoms with van der Waals surface area (Å²) >= 11 is 0.